The smallest absolute Gasteiger partial charge is 0.271 e. The van der Waals surface area contributed by atoms with Gasteiger partial charge in [0.2, 0.25) is 17.7 Å². The molecule has 1 aromatic carbocycles. The molecule has 2 aromatic heterocycles. The molecule has 51 heavy (non-hydrogen) atoms. The van der Waals surface area contributed by atoms with E-state index in [1.807, 2.05) is 74.2 Å². The molecule has 2 aliphatic heterocycles. The van der Waals surface area contributed by atoms with Gasteiger partial charge in [0.25, 0.3) is 5.91 Å². The van der Waals surface area contributed by atoms with Crippen molar-refractivity contribution in [2.45, 2.75) is 65.3 Å². The van der Waals surface area contributed by atoms with Gasteiger partial charge < -0.3 is 36.6 Å². The first kappa shape index (κ1) is 37.6. The Labute approximate surface area is 302 Å². The summed E-state index contributed by atoms with van der Waals surface area (Å²) >= 11 is 1.57. The Bertz CT molecular complexity index is 1730. The lowest BCUT2D eigenvalue weighted by Gasteiger charge is -2.38. The molecule has 0 spiro atoms. The first-order chi connectivity index (χ1) is 24.2. The molecule has 15 nitrogen and oxygen atoms in total. The molecule has 4 heterocycles. The van der Waals surface area contributed by atoms with Crippen molar-refractivity contribution in [1.82, 2.24) is 40.9 Å². The number of aliphatic hydroxyl groups is 1. The molecule has 4 amide bonds. The van der Waals surface area contributed by atoms with Gasteiger partial charge >= 0.3 is 0 Å². The Balaban J connectivity index is 1.19. The summed E-state index contributed by atoms with van der Waals surface area (Å²) in [6.45, 7) is 11.6. The number of amides is 4. The van der Waals surface area contributed by atoms with Crippen LogP contribution in [-0.2, 0) is 14.4 Å². The van der Waals surface area contributed by atoms with E-state index < -0.39 is 29.5 Å². The predicted octanol–water partition coefficient (Wildman–Crippen LogP) is 1.34. The molecule has 274 valence electrons. The van der Waals surface area contributed by atoms with Crippen LogP contribution in [-0.4, -0.2) is 118 Å². The van der Waals surface area contributed by atoms with Crippen LogP contribution < -0.4 is 26.6 Å². The second-order valence-corrected chi connectivity index (χ2v) is 15.1. The van der Waals surface area contributed by atoms with Crippen LogP contribution in [0.5, 0.6) is 0 Å². The van der Waals surface area contributed by atoms with Crippen molar-refractivity contribution >= 4 is 46.5 Å². The van der Waals surface area contributed by atoms with Crippen LogP contribution in [0.25, 0.3) is 10.4 Å². The second-order valence-electron chi connectivity index (χ2n) is 14.2. The van der Waals surface area contributed by atoms with E-state index in [0.29, 0.717) is 31.9 Å². The normalized spacial score (nSPS) is 19.4. The fraction of sp³-hybridized carbons (Fsp3) is 0.514. The van der Waals surface area contributed by atoms with Gasteiger partial charge in [-0.15, -0.1) is 21.5 Å². The molecule has 0 saturated carbocycles. The maximum Gasteiger partial charge on any atom is 0.271 e. The fourth-order valence-corrected chi connectivity index (χ4v) is 7.27. The van der Waals surface area contributed by atoms with E-state index in [1.54, 1.807) is 17.4 Å². The lowest BCUT2D eigenvalue weighted by Crippen LogP contribution is -2.59. The van der Waals surface area contributed by atoms with Gasteiger partial charge in [-0.2, -0.15) is 0 Å². The molecule has 2 fully saturated rings. The van der Waals surface area contributed by atoms with Gasteiger partial charge in [0.1, 0.15) is 12.1 Å². The first-order valence-corrected chi connectivity index (χ1v) is 18.0. The molecule has 0 radical (unpaired) electrons. The second kappa shape index (κ2) is 15.7. The number of thiazole rings is 1. The van der Waals surface area contributed by atoms with Crippen molar-refractivity contribution in [2.24, 2.45) is 5.41 Å². The predicted molar refractivity (Wildman–Crippen MR) is 195 cm³/mol. The van der Waals surface area contributed by atoms with E-state index in [1.165, 1.54) is 11.9 Å². The Morgan fingerprint density at radius 2 is 1.75 bits per heavy atom. The van der Waals surface area contributed by atoms with Crippen molar-refractivity contribution in [3.63, 3.8) is 0 Å². The van der Waals surface area contributed by atoms with Crippen molar-refractivity contribution < 1.29 is 24.3 Å². The van der Waals surface area contributed by atoms with Gasteiger partial charge in [-0.05, 0) is 36.5 Å². The van der Waals surface area contributed by atoms with Gasteiger partial charge in [0, 0.05) is 46.2 Å². The highest BCUT2D eigenvalue weighted by Crippen LogP contribution is 2.30. The third kappa shape index (κ3) is 8.80. The number of β-amino-alcohol motifs (C(OH)–C–C–N with tert-alkyl or cyclic N) is 1. The number of nitrogens with two attached hydrogens (primary N) is 1. The molecule has 6 N–H and O–H groups in total. The van der Waals surface area contributed by atoms with Crippen LogP contribution in [0.4, 0.5) is 11.5 Å². The standard InChI is InChI=1S/C35H48N10O5S/c1-20(22-7-9-23(10-8-22)29-21(2)38-19-51-29)39-33(49)27-15-24(46)17-45(27)34(50)30(35(3,4)5)40-28(47)18-43-11-13-44(14-12-43)26-16-25(32(48)37-6)41-42-31(26)36/h7-10,16,19-20,24,27,30,46H,11-15,17-18H2,1-6H3,(H2,36,42)(H,37,48)(H,39,49)(H,40,47)/t20-,24+,27-,30?/m0/s1. The Hall–Kier alpha value is -4.67. The highest BCUT2D eigenvalue weighted by molar-refractivity contribution is 7.13. The number of piperazine rings is 1. The zero-order chi connectivity index (χ0) is 37.0. The molecule has 16 heteroatoms. The Morgan fingerprint density at radius 1 is 1.06 bits per heavy atom. The monoisotopic (exact) mass is 720 g/mol. The molecule has 5 rings (SSSR count). The quantitative estimate of drug-likeness (QED) is 0.203. The van der Waals surface area contributed by atoms with Crippen molar-refractivity contribution in [1.29, 1.82) is 0 Å². The molecule has 2 aliphatic rings. The number of anilines is 2. The Morgan fingerprint density at radius 3 is 2.35 bits per heavy atom. The highest BCUT2D eigenvalue weighted by atomic mass is 32.1. The summed E-state index contributed by atoms with van der Waals surface area (Å²) in [7, 11) is 1.51. The zero-order valence-electron chi connectivity index (χ0n) is 30.0. The van der Waals surface area contributed by atoms with E-state index in [9.17, 15) is 24.3 Å². The summed E-state index contributed by atoms with van der Waals surface area (Å²) in [5.74, 6) is -1.25. The average molecular weight is 721 g/mol. The zero-order valence-corrected chi connectivity index (χ0v) is 30.8. The van der Waals surface area contributed by atoms with E-state index in [0.717, 1.165) is 21.7 Å². The van der Waals surface area contributed by atoms with Crippen molar-refractivity contribution in [3.05, 3.63) is 52.8 Å². The third-order valence-corrected chi connectivity index (χ3v) is 10.4. The van der Waals surface area contributed by atoms with Gasteiger partial charge in [-0.1, -0.05) is 45.0 Å². The maximum absolute atomic E-state index is 14.1. The molecule has 4 atom stereocenters. The molecule has 3 aromatic rings. The lowest BCUT2D eigenvalue weighted by molar-refractivity contribution is -0.144. The molecule has 1 unspecified atom stereocenters. The first-order valence-electron chi connectivity index (χ1n) is 17.1. The minimum Gasteiger partial charge on any atom is -0.391 e. The van der Waals surface area contributed by atoms with Crippen molar-refractivity contribution in [3.8, 4) is 10.4 Å². The van der Waals surface area contributed by atoms with Crippen LogP contribution in [0, 0.1) is 12.3 Å². The number of aromatic nitrogens is 3. The van der Waals surface area contributed by atoms with Gasteiger partial charge in [0.15, 0.2) is 11.5 Å². The summed E-state index contributed by atoms with van der Waals surface area (Å²) < 4.78 is 0. The maximum atomic E-state index is 14.1. The third-order valence-electron chi connectivity index (χ3n) is 9.40. The van der Waals surface area contributed by atoms with Gasteiger partial charge in [-0.25, -0.2) is 4.98 Å². The lowest BCUT2D eigenvalue weighted by atomic mass is 9.85. The van der Waals surface area contributed by atoms with E-state index in [4.69, 9.17) is 5.73 Å². The number of aliphatic hydroxyl groups excluding tert-OH is 1. The number of carbonyl (C=O) groups is 4. The number of carbonyl (C=O) groups excluding carboxylic acids is 4. The summed E-state index contributed by atoms with van der Waals surface area (Å²) in [6, 6.07) is 7.38. The topological polar surface area (TPSA) is 199 Å². The van der Waals surface area contributed by atoms with E-state index >= 15 is 0 Å². The van der Waals surface area contributed by atoms with E-state index in [2.05, 4.69) is 31.1 Å². The summed E-state index contributed by atoms with van der Waals surface area (Å²) in [4.78, 5) is 63.9. The SMILES string of the molecule is CNC(=O)c1cc(N2CCN(CC(=O)NC(C(=O)N3C[C@H](O)C[C@H]3C(=O)N[C@@H](C)c3ccc(-c4scnc4C)cc3)C(C)(C)C)CC2)c(N)nn1. The largest absolute Gasteiger partial charge is 0.391 e. The average Bonchev–Trinajstić information content (AvgIpc) is 3.72. The van der Waals surface area contributed by atoms with Crippen LogP contribution in [0.2, 0.25) is 0 Å². The summed E-state index contributed by atoms with van der Waals surface area (Å²) in [6.07, 6.45) is -0.767. The number of nitrogens with one attached hydrogen (secondary N) is 3. The van der Waals surface area contributed by atoms with Crippen LogP contribution >= 0.6 is 11.3 Å². The Kier molecular flexibility index (Phi) is 11.6. The fourth-order valence-electron chi connectivity index (χ4n) is 6.46. The summed E-state index contributed by atoms with van der Waals surface area (Å²) in [5, 5.41) is 26.9. The summed E-state index contributed by atoms with van der Waals surface area (Å²) in [5.41, 5.74) is 10.9. The number of hydrogen-bond donors (Lipinski definition) is 5. The number of rotatable bonds is 10. The number of nitrogen functional groups attached to an aromatic ring is 1. The van der Waals surface area contributed by atoms with Crippen LogP contribution in [0.3, 0.4) is 0 Å². The number of benzene rings is 1. The molecule has 2 saturated heterocycles. The highest BCUT2D eigenvalue weighted by Gasteiger charge is 2.45. The number of nitrogens with zero attached hydrogens (tertiary/aromatic N) is 6. The minimum absolute atomic E-state index is 0.00671. The van der Waals surface area contributed by atoms with Crippen LogP contribution in [0.15, 0.2) is 35.8 Å². The van der Waals surface area contributed by atoms with Crippen molar-refractivity contribution in [2.75, 3.05) is 56.9 Å². The minimum atomic E-state index is -0.933. The van der Waals surface area contributed by atoms with Gasteiger partial charge in [-0.3, -0.25) is 24.1 Å². The molecule has 0 aliphatic carbocycles. The number of hydrogen-bond acceptors (Lipinski definition) is 12. The molecule has 0 bridgehead atoms. The molecular weight excluding hydrogens is 673 g/mol. The van der Waals surface area contributed by atoms with Crippen LogP contribution in [0.1, 0.15) is 61.9 Å². The number of aryl methyl sites for hydroxylation is 1. The number of likely N-dealkylation sites (tertiary alicyclic amines) is 1. The van der Waals surface area contributed by atoms with Gasteiger partial charge in [0.05, 0.1) is 40.5 Å². The van der Waals surface area contributed by atoms with E-state index in [-0.39, 0.29) is 54.8 Å². The molecular formula is C35H48N10O5S.